The van der Waals surface area contributed by atoms with Gasteiger partial charge in [-0.1, -0.05) is 23.5 Å². The average molecular weight is 248 g/mol. The lowest BCUT2D eigenvalue weighted by molar-refractivity contribution is 1.51. The summed E-state index contributed by atoms with van der Waals surface area (Å²) >= 11 is 4.83. The Morgan fingerprint density at radius 2 is 1.73 bits per heavy atom. The van der Waals surface area contributed by atoms with Crippen LogP contribution in [-0.2, 0) is 0 Å². The molecule has 0 bridgehead atoms. The first-order chi connectivity index (χ1) is 7.35. The van der Waals surface area contributed by atoms with E-state index in [1.807, 2.05) is 35.1 Å². The lowest BCUT2D eigenvalue weighted by Crippen LogP contribution is -1.97. The second-order valence-electron chi connectivity index (χ2n) is 2.56. The molecule has 5 heteroatoms. The molecule has 0 atom stereocenters. The van der Waals surface area contributed by atoms with Crippen molar-refractivity contribution < 1.29 is 0 Å². The van der Waals surface area contributed by atoms with Crippen molar-refractivity contribution in [1.29, 1.82) is 10.5 Å². The molecule has 1 aliphatic rings. The monoisotopic (exact) mass is 248 g/mol. The normalized spacial score (nSPS) is 13.6. The lowest BCUT2D eigenvalue weighted by atomic mass is 10.3. The van der Waals surface area contributed by atoms with Crippen LogP contribution in [0.5, 0.6) is 0 Å². The third-order valence-electron chi connectivity index (χ3n) is 1.68. The van der Waals surface area contributed by atoms with Crippen LogP contribution in [0, 0.1) is 22.7 Å². The highest BCUT2D eigenvalue weighted by Gasteiger charge is 2.04. The molecule has 0 fully saturated rings. The van der Waals surface area contributed by atoms with E-state index in [1.54, 1.807) is 23.5 Å². The van der Waals surface area contributed by atoms with Crippen LogP contribution >= 0.6 is 34.9 Å². The maximum atomic E-state index is 8.72. The third kappa shape index (κ3) is 2.10. The summed E-state index contributed by atoms with van der Waals surface area (Å²) in [6.07, 6.45) is 0. The molecule has 0 amide bonds. The third-order valence-corrected chi connectivity index (χ3v) is 5.22. The topological polar surface area (TPSA) is 47.6 Å². The van der Waals surface area contributed by atoms with Crippen molar-refractivity contribution in [3.63, 3.8) is 0 Å². The van der Waals surface area contributed by atoms with Gasteiger partial charge in [-0.15, -0.1) is 11.3 Å². The van der Waals surface area contributed by atoms with Crippen molar-refractivity contribution in [3.8, 4) is 12.1 Å². The van der Waals surface area contributed by atoms with Crippen molar-refractivity contribution in [2.24, 2.45) is 0 Å². The van der Waals surface area contributed by atoms with Gasteiger partial charge in [0.05, 0.1) is 8.77 Å². The van der Waals surface area contributed by atoms with E-state index in [2.05, 4.69) is 0 Å². The molecule has 2 heterocycles. The van der Waals surface area contributed by atoms with Crippen LogP contribution in [-0.4, -0.2) is 0 Å². The quantitative estimate of drug-likeness (QED) is 0.704. The van der Waals surface area contributed by atoms with Gasteiger partial charge in [0.2, 0.25) is 0 Å². The molecule has 1 aromatic rings. The van der Waals surface area contributed by atoms with Crippen molar-refractivity contribution in [2.75, 3.05) is 0 Å². The summed E-state index contributed by atoms with van der Waals surface area (Å²) in [5.41, 5.74) is 0.188. The first kappa shape index (κ1) is 10.4. The van der Waals surface area contributed by atoms with E-state index < -0.39 is 0 Å². The summed E-state index contributed by atoms with van der Waals surface area (Å²) in [5.74, 6) is 0. The van der Waals surface area contributed by atoms with E-state index in [0.29, 0.717) is 0 Å². The zero-order valence-corrected chi connectivity index (χ0v) is 9.88. The van der Waals surface area contributed by atoms with Gasteiger partial charge in [-0.2, -0.15) is 10.5 Å². The molecule has 0 saturated heterocycles. The van der Waals surface area contributed by atoms with Crippen molar-refractivity contribution in [1.82, 2.24) is 0 Å². The summed E-state index contributed by atoms with van der Waals surface area (Å²) in [6, 6.07) is 7.58. The Morgan fingerprint density at radius 3 is 2.33 bits per heavy atom. The molecule has 72 valence electrons. The van der Waals surface area contributed by atoms with Crippen LogP contribution in [0.25, 0.3) is 9.81 Å². The zero-order chi connectivity index (χ0) is 10.7. The minimum absolute atomic E-state index is 0.188. The first-order valence-electron chi connectivity index (χ1n) is 3.98. The molecule has 0 N–H and O–H groups in total. The van der Waals surface area contributed by atoms with Crippen LogP contribution in [0.2, 0.25) is 0 Å². The highest BCUT2D eigenvalue weighted by Crippen LogP contribution is 2.37. The van der Waals surface area contributed by atoms with E-state index in [4.69, 9.17) is 10.5 Å². The van der Waals surface area contributed by atoms with Gasteiger partial charge in [0.15, 0.2) is 0 Å². The maximum absolute atomic E-state index is 8.72. The SMILES string of the molecule is N#CC(C#N)=c1ccc(=C2SC=CS2)s1. The van der Waals surface area contributed by atoms with E-state index in [9.17, 15) is 0 Å². The van der Waals surface area contributed by atoms with Crippen LogP contribution in [0.1, 0.15) is 0 Å². The minimum Gasteiger partial charge on any atom is -0.192 e. The van der Waals surface area contributed by atoms with Crippen LogP contribution in [0.15, 0.2) is 22.9 Å². The fourth-order valence-corrected chi connectivity index (χ4v) is 3.98. The van der Waals surface area contributed by atoms with Gasteiger partial charge in [-0.3, -0.25) is 0 Å². The van der Waals surface area contributed by atoms with Crippen molar-refractivity contribution >= 4 is 44.7 Å². The number of hydrogen-bond donors (Lipinski definition) is 0. The van der Waals surface area contributed by atoms with E-state index in [0.717, 1.165) is 9.06 Å². The maximum Gasteiger partial charge on any atom is 0.146 e. The average Bonchev–Trinajstić information content (AvgIpc) is 2.89. The van der Waals surface area contributed by atoms with Crippen LogP contribution < -0.4 is 9.06 Å². The summed E-state index contributed by atoms with van der Waals surface area (Å²) < 4.78 is 3.07. The fraction of sp³-hybridized carbons (Fsp3) is 0. The van der Waals surface area contributed by atoms with Gasteiger partial charge in [-0.05, 0) is 22.9 Å². The summed E-state index contributed by atoms with van der Waals surface area (Å²) in [6.45, 7) is 0. The summed E-state index contributed by atoms with van der Waals surface area (Å²) in [4.78, 5) is 0. The summed E-state index contributed by atoms with van der Waals surface area (Å²) in [5, 5.41) is 21.5. The zero-order valence-electron chi connectivity index (χ0n) is 7.43. The molecule has 1 aliphatic heterocycles. The number of thioether (sulfide) groups is 2. The molecule has 2 rings (SSSR count). The van der Waals surface area contributed by atoms with E-state index in [-0.39, 0.29) is 5.57 Å². The molecule has 0 saturated carbocycles. The van der Waals surface area contributed by atoms with Crippen LogP contribution in [0.3, 0.4) is 0 Å². The van der Waals surface area contributed by atoms with Gasteiger partial charge in [-0.25, -0.2) is 0 Å². The van der Waals surface area contributed by atoms with Crippen molar-refractivity contribution in [2.45, 2.75) is 0 Å². The van der Waals surface area contributed by atoms with E-state index in [1.165, 1.54) is 15.6 Å². The van der Waals surface area contributed by atoms with Crippen molar-refractivity contribution in [3.05, 3.63) is 32.0 Å². The second-order valence-corrected chi connectivity index (χ2v) is 5.73. The second kappa shape index (κ2) is 4.59. The first-order valence-corrected chi connectivity index (χ1v) is 6.55. The number of nitrogens with zero attached hydrogens (tertiary/aromatic N) is 2. The molecule has 15 heavy (non-hydrogen) atoms. The standard InChI is InChI=1S/C10H4N2S3/c11-5-7(6-12)8-1-2-9(15-8)10-13-3-4-14-10/h1-4H. The molecular formula is C10H4N2S3. The Kier molecular flexibility index (Phi) is 3.17. The van der Waals surface area contributed by atoms with Gasteiger partial charge in [0.1, 0.15) is 17.7 Å². The Morgan fingerprint density at radius 1 is 1.07 bits per heavy atom. The number of rotatable bonds is 0. The predicted molar refractivity (Wildman–Crippen MR) is 65.9 cm³/mol. The van der Waals surface area contributed by atoms with E-state index >= 15 is 0 Å². The van der Waals surface area contributed by atoms with Crippen LogP contribution in [0.4, 0.5) is 0 Å². The number of nitriles is 2. The number of hydrogen-bond acceptors (Lipinski definition) is 5. The Bertz CT molecular complexity index is 584. The molecule has 1 aromatic heterocycles. The Hall–Kier alpha value is -1.14. The van der Waals surface area contributed by atoms with Gasteiger partial charge in [0.25, 0.3) is 0 Å². The largest absolute Gasteiger partial charge is 0.192 e. The van der Waals surface area contributed by atoms with Gasteiger partial charge >= 0.3 is 0 Å². The molecule has 0 aliphatic carbocycles. The van der Waals surface area contributed by atoms with Gasteiger partial charge in [0, 0.05) is 4.53 Å². The molecular weight excluding hydrogens is 244 g/mol. The minimum atomic E-state index is 0.188. The van der Waals surface area contributed by atoms with Gasteiger partial charge < -0.3 is 0 Å². The Labute approximate surface area is 99.2 Å². The molecule has 0 radical (unpaired) electrons. The molecule has 0 aromatic carbocycles. The summed E-state index contributed by atoms with van der Waals surface area (Å²) in [7, 11) is 0. The Balaban J connectivity index is 2.60. The predicted octanol–water partition coefficient (Wildman–Crippen LogP) is 1.96. The molecule has 0 spiro atoms. The lowest BCUT2D eigenvalue weighted by Gasteiger charge is -1.87. The number of thiophene rings is 1. The highest BCUT2D eigenvalue weighted by atomic mass is 32.2. The fourth-order valence-electron chi connectivity index (χ4n) is 1.04. The molecule has 0 unspecified atom stereocenters. The molecule has 2 nitrogen and oxygen atoms in total. The smallest absolute Gasteiger partial charge is 0.146 e. The highest BCUT2D eigenvalue weighted by molar-refractivity contribution is 8.34.